The van der Waals surface area contributed by atoms with Crippen molar-refractivity contribution in [1.82, 2.24) is 0 Å². The van der Waals surface area contributed by atoms with E-state index in [-0.39, 0.29) is 0 Å². The molecule has 2 aromatic rings. The molecule has 1 aromatic carbocycles. The Bertz CT molecular complexity index is 538. The number of aliphatic hydroxyl groups excluding tert-OH is 1. The Morgan fingerprint density at radius 3 is 2.72 bits per heavy atom. The molecular formula is C15H20O3. The van der Waals surface area contributed by atoms with Gasteiger partial charge in [-0.2, -0.15) is 0 Å². The molecule has 2 unspecified atom stereocenters. The number of aryl methyl sites for hydroxylation is 1. The van der Waals surface area contributed by atoms with Gasteiger partial charge in [0.15, 0.2) is 0 Å². The first-order valence-corrected chi connectivity index (χ1v) is 6.23. The van der Waals surface area contributed by atoms with Crippen LogP contribution in [0.4, 0.5) is 0 Å². The summed E-state index contributed by atoms with van der Waals surface area (Å²) in [5.74, 6) is 0.557. The maximum absolute atomic E-state index is 10.4. The standard InChI is InChI=1S/C15H20O3/c1-5-15(3,17-4)14(16)13-9-11-8-10(2)6-7-12(11)18-13/h6-9,14,16H,5H2,1-4H3. The fraction of sp³-hybridized carbons (Fsp3) is 0.467. The van der Waals surface area contributed by atoms with Crippen LogP contribution in [0.5, 0.6) is 0 Å². The summed E-state index contributed by atoms with van der Waals surface area (Å²) in [6.45, 7) is 5.91. The summed E-state index contributed by atoms with van der Waals surface area (Å²) in [6, 6.07) is 7.86. The van der Waals surface area contributed by atoms with Gasteiger partial charge in [0.05, 0.1) is 5.60 Å². The van der Waals surface area contributed by atoms with Crippen LogP contribution >= 0.6 is 0 Å². The van der Waals surface area contributed by atoms with Crippen molar-refractivity contribution in [2.24, 2.45) is 0 Å². The molecule has 0 bridgehead atoms. The van der Waals surface area contributed by atoms with E-state index in [1.54, 1.807) is 7.11 Å². The molecule has 0 aliphatic carbocycles. The van der Waals surface area contributed by atoms with Crippen molar-refractivity contribution >= 4 is 11.0 Å². The van der Waals surface area contributed by atoms with Crippen LogP contribution in [0.25, 0.3) is 11.0 Å². The van der Waals surface area contributed by atoms with Crippen molar-refractivity contribution in [3.63, 3.8) is 0 Å². The van der Waals surface area contributed by atoms with Crippen molar-refractivity contribution in [3.8, 4) is 0 Å². The second kappa shape index (κ2) is 4.75. The molecule has 0 amide bonds. The number of methoxy groups -OCH3 is 1. The molecule has 98 valence electrons. The topological polar surface area (TPSA) is 42.6 Å². The van der Waals surface area contributed by atoms with Gasteiger partial charge in [-0.25, -0.2) is 0 Å². The maximum atomic E-state index is 10.4. The van der Waals surface area contributed by atoms with E-state index in [9.17, 15) is 5.11 Å². The number of furan rings is 1. The van der Waals surface area contributed by atoms with Crippen molar-refractivity contribution in [2.75, 3.05) is 7.11 Å². The lowest BCUT2D eigenvalue weighted by atomic mass is 9.94. The third-order valence-corrected chi connectivity index (χ3v) is 3.71. The van der Waals surface area contributed by atoms with E-state index in [1.165, 1.54) is 5.56 Å². The second-order valence-electron chi connectivity index (χ2n) is 4.96. The molecule has 18 heavy (non-hydrogen) atoms. The number of rotatable bonds is 4. The van der Waals surface area contributed by atoms with Gasteiger partial charge in [-0.3, -0.25) is 0 Å². The molecule has 3 heteroatoms. The third kappa shape index (κ3) is 2.16. The molecule has 0 aliphatic heterocycles. The molecule has 2 atom stereocenters. The Labute approximate surface area is 107 Å². The van der Waals surface area contributed by atoms with Gasteiger partial charge in [-0.15, -0.1) is 0 Å². The van der Waals surface area contributed by atoms with Crippen LogP contribution in [-0.2, 0) is 4.74 Å². The summed E-state index contributed by atoms with van der Waals surface area (Å²) in [4.78, 5) is 0. The van der Waals surface area contributed by atoms with E-state index in [0.717, 1.165) is 11.0 Å². The highest BCUT2D eigenvalue weighted by Gasteiger charge is 2.34. The highest BCUT2D eigenvalue weighted by Crippen LogP contribution is 2.34. The molecule has 0 saturated carbocycles. The van der Waals surface area contributed by atoms with Crippen molar-refractivity contribution in [2.45, 2.75) is 38.9 Å². The Hall–Kier alpha value is -1.32. The zero-order valence-electron chi connectivity index (χ0n) is 11.4. The van der Waals surface area contributed by atoms with Crippen LogP contribution < -0.4 is 0 Å². The molecule has 0 spiro atoms. The molecule has 0 aliphatic rings. The van der Waals surface area contributed by atoms with Crippen LogP contribution in [0.2, 0.25) is 0 Å². The van der Waals surface area contributed by atoms with Crippen LogP contribution in [0.3, 0.4) is 0 Å². The monoisotopic (exact) mass is 248 g/mol. The van der Waals surface area contributed by atoms with E-state index >= 15 is 0 Å². The lowest BCUT2D eigenvalue weighted by molar-refractivity contribution is -0.101. The van der Waals surface area contributed by atoms with Crippen molar-refractivity contribution < 1.29 is 14.3 Å². The smallest absolute Gasteiger partial charge is 0.140 e. The van der Waals surface area contributed by atoms with Gasteiger partial charge in [0.25, 0.3) is 0 Å². The molecular weight excluding hydrogens is 228 g/mol. The normalized spacial score (nSPS) is 16.7. The zero-order chi connectivity index (χ0) is 13.3. The van der Waals surface area contributed by atoms with E-state index in [4.69, 9.17) is 9.15 Å². The Morgan fingerprint density at radius 2 is 2.11 bits per heavy atom. The number of fused-ring (bicyclic) bond motifs is 1. The first kappa shape index (κ1) is 13.1. The molecule has 3 nitrogen and oxygen atoms in total. The summed E-state index contributed by atoms with van der Waals surface area (Å²) in [5.41, 5.74) is 1.35. The van der Waals surface area contributed by atoms with Gasteiger partial charge >= 0.3 is 0 Å². The predicted octanol–water partition coefficient (Wildman–Crippen LogP) is 3.59. The van der Waals surface area contributed by atoms with Gasteiger partial charge in [-0.05, 0) is 38.5 Å². The fourth-order valence-electron chi connectivity index (χ4n) is 2.07. The highest BCUT2D eigenvalue weighted by molar-refractivity contribution is 5.78. The van der Waals surface area contributed by atoms with E-state index < -0.39 is 11.7 Å². The average molecular weight is 248 g/mol. The molecule has 1 heterocycles. The van der Waals surface area contributed by atoms with Gasteiger partial charge in [0.1, 0.15) is 17.4 Å². The minimum Gasteiger partial charge on any atom is -0.458 e. The van der Waals surface area contributed by atoms with Crippen LogP contribution in [0, 0.1) is 6.92 Å². The molecule has 0 fully saturated rings. The summed E-state index contributed by atoms with van der Waals surface area (Å²) in [6.07, 6.45) is -0.0546. The molecule has 2 rings (SSSR count). The van der Waals surface area contributed by atoms with Crippen LogP contribution in [-0.4, -0.2) is 17.8 Å². The molecule has 0 radical (unpaired) electrons. The molecule has 0 saturated heterocycles. The van der Waals surface area contributed by atoms with Crippen molar-refractivity contribution in [1.29, 1.82) is 0 Å². The Morgan fingerprint density at radius 1 is 1.39 bits per heavy atom. The fourth-order valence-corrected chi connectivity index (χ4v) is 2.07. The van der Waals surface area contributed by atoms with Crippen LogP contribution in [0.1, 0.15) is 37.7 Å². The Kier molecular flexibility index (Phi) is 3.46. The number of benzene rings is 1. The molecule has 1 N–H and O–H groups in total. The van der Waals surface area contributed by atoms with Gasteiger partial charge < -0.3 is 14.3 Å². The minimum absolute atomic E-state index is 0.557. The number of ether oxygens (including phenoxy) is 1. The van der Waals surface area contributed by atoms with Gasteiger partial charge in [0.2, 0.25) is 0 Å². The van der Waals surface area contributed by atoms with E-state index in [0.29, 0.717) is 12.2 Å². The number of hydrogen-bond acceptors (Lipinski definition) is 3. The zero-order valence-corrected chi connectivity index (χ0v) is 11.4. The highest BCUT2D eigenvalue weighted by atomic mass is 16.5. The summed E-state index contributed by atoms with van der Waals surface area (Å²) >= 11 is 0. The Balaban J connectivity index is 2.42. The summed E-state index contributed by atoms with van der Waals surface area (Å²) in [7, 11) is 1.61. The largest absolute Gasteiger partial charge is 0.458 e. The van der Waals surface area contributed by atoms with E-state index in [2.05, 4.69) is 0 Å². The van der Waals surface area contributed by atoms with Gasteiger partial charge in [-0.1, -0.05) is 18.6 Å². The second-order valence-corrected chi connectivity index (χ2v) is 4.96. The maximum Gasteiger partial charge on any atom is 0.140 e. The van der Waals surface area contributed by atoms with Crippen molar-refractivity contribution in [3.05, 3.63) is 35.6 Å². The quantitative estimate of drug-likeness (QED) is 0.899. The number of aliphatic hydroxyl groups is 1. The lowest BCUT2D eigenvalue weighted by Crippen LogP contribution is -2.34. The lowest BCUT2D eigenvalue weighted by Gasteiger charge is -2.30. The first-order valence-electron chi connectivity index (χ1n) is 6.23. The number of hydrogen-bond donors (Lipinski definition) is 1. The summed E-state index contributed by atoms with van der Waals surface area (Å²) < 4.78 is 11.1. The molecule has 1 aromatic heterocycles. The predicted molar refractivity (Wildman–Crippen MR) is 71.6 cm³/mol. The van der Waals surface area contributed by atoms with Gasteiger partial charge in [0, 0.05) is 12.5 Å². The van der Waals surface area contributed by atoms with E-state index in [1.807, 2.05) is 45.0 Å². The first-order chi connectivity index (χ1) is 8.50. The third-order valence-electron chi connectivity index (χ3n) is 3.71. The minimum atomic E-state index is -0.764. The SMILES string of the molecule is CCC(C)(OC)C(O)c1cc2cc(C)ccc2o1. The van der Waals surface area contributed by atoms with Crippen LogP contribution in [0.15, 0.2) is 28.7 Å². The summed E-state index contributed by atoms with van der Waals surface area (Å²) in [5, 5.41) is 11.4. The average Bonchev–Trinajstić information content (AvgIpc) is 2.79.